The summed E-state index contributed by atoms with van der Waals surface area (Å²) in [6.45, 7) is 9.69. The summed E-state index contributed by atoms with van der Waals surface area (Å²) in [6, 6.07) is 1.31. The van der Waals surface area contributed by atoms with Gasteiger partial charge >= 0.3 is 0 Å². The minimum Gasteiger partial charge on any atom is -0.421 e. The molecule has 1 nitrogen and oxygen atoms in total. The van der Waals surface area contributed by atoms with E-state index >= 15 is 0 Å². The highest BCUT2D eigenvalue weighted by Crippen LogP contribution is 2.25. The maximum absolute atomic E-state index is 6.58. The summed E-state index contributed by atoms with van der Waals surface area (Å²) in [4.78, 5) is 0. The van der Waals surface area contributed by atoms with Gasteiger partial charge in [-0.15, -0.1) is 0 Å². The number of hydrogen-bond acceptors (Lipinski definition) is 1. The molecule has 0 atom stereocenters. The number of rotatable bonds is 1. The van der Waals surface area contributed by atoms with Crippen molar-refractivity contribution in [1.29, 1.82) is 0 Å². The molecule has 1 aromatic rings. The lowest BCUT2D eigenvalue weighted by Crippen LogP contribution is -2.44. The largest absolute Gasteiger partial charge is 0.421 e. The zero-order valence-electron chi connectivity index (χ0n) is 10.9. The Labute approximate surface area is 113 Å². The third-order valence-electron chi connectivity index (χ3n) is 3.78. The zero-order chi connectivity index (χ0) is 12.6. The maximum Gasteiger partial charge on any atom is 0.215 e. The van der Waals surface area contributed by atoms with Gasteiger partial charge in [-0.25, -0.2) is 0 Å². The molecule has 0 saturated carbocycles. The minimum absolute atomic E-state index is 0.573. The normalized spacial score (nSPS) is 17.5. The van der Waals surface area contributed by atoms with Crippen LogP contribution in [0.15, 0.2) is 0 Å². The van der Waals surface area contributed by atoms with Gasteiger partial charge in [0.25, 0.3) is 0 Å². The van der Waals surface area contributed by atoms with E-state index in [1.165, 1.54) is 39.9 Å². The molecule has 1 heterocycles. The van der Waals surface area contributed by atoms with E-state index in [1.807, 2.05) is 0 Å². The molecule has 0 spiro atoms. The summed E-state index contributed by atoms with van der Waals surface area (Å²) in [6.07, 6.45) is 1.20. The number of hydrogen-bond donors (Lipinski definition) is 0. The molecule has 1 aliphatic rings. The van der Waals surface area contributed by atoms with Crippen LogP contribution in [-0.4, -0.2) is 24.2 Å². The van der Waals surface area contributed by atoms with Gasteiger partial charge in [0, 0.05) is 11.6 Å². The first-order valence-corrected chi connectivity index (χ1v) is 10.0. The fraction of sp³-hybridized carbons (Fsp3) is 0.538. The highest BCUT2D eigenvalue weighted by Gasteiger charge is 2.26. The van der Waals surface area contributed by atoms with Crippen molar-refractivity contribution >= 4 is 34.4 Å². The van der Waals surface area contributed by atoms with Crippen LogP contribution >= 0.6 is 11.6 Å². The fourth-order valence-corrected chi connectivity index (χ4v) is 8.55. The van der Waals surface area contributed by atoms with E-state index < -0.39 is 8.31 Å². The van der Waals surface area contributed by atoms with Crippen LogP contribution in [0.3, 0.4) is 0 Å². The Kier molecular flexibility index (Phi) is 4.13. The Balaban J connectivity index is 2.52. The zero-order valence-corrected chi connectivity index (χ0v) is 13.7. The van der Waals surface area contributed by atoms with Gasteiger partial charge in [-0.1, -0.05) is 17.6 Å². The van der Waals surface area contributed by atoms with Gasteiger partial charge in [-0.3, -0.25) is 0 Å². The van der Waals surface area contributed by atoms with Crippen LogP contribution in [0.5, 0.6) is 0 Å². The molecule has 1 fully saturated rings. The Morgan fingerprint density at radius 1 is 1.06 bits per heavy atom. The van der Waals surface area contributed by atoms with Crippen LogP contribution in [0.2, 0.25) is 11.1 Å². The van der Waals surface area contributed by atoms with Gasteiger partial charge < -0.3 is 4.43 Å². The topological polar surface area (TPSA) is 9.23 Å². The third-order valence-corrected chi connectivity index (χ3v) is 9.76. The molecule has 0 N–H and O–H groups in total. The molecule has 2 rings (SSSR count). The molecule has 0 aliphatic carbocycles. The van der Waals surface area contributed by atoms with Crippen LogP contribution in [0, 0.1) is 27.7 Å². The standard InChI is InChI=1S/C13H18ClOSi2/c1-8-9(2)11(4)13(12(14)10(8)3)17-7-5-6-15-16-17/h5-7H2,1-4H3. The van der Waals surface area contributed by atoms with Crippen molar-refractivity contribution in [3.8, 4) is 0 Å². The van der Waals surface area contributed by atoms with Crippen molar-refractivity contribution in [2.24, 2.45) is 0 Å². The molecule has 91 valence electrons. The van der Waals surface area contributed by atoms with Crippen LogP contribution in [0.4, 0.5) is 0 Å². The lowest BCUT2D eigenvalue weighted by atomic mass is 9.99. The molecule has 0 amide bonds. The van der Waals surface area contributed by atoms with Crippen LogP contribution in [-0.2, 0) is 4.43 Å². The Morgan fingerprint density at radius 2 is 1.71 bits per heavy atom. The van der Waals surface area contributed by atoms with Gasteiger partial charge in [-0.05, 0) is 61.6 Å². The third kappa shape index (κ3) is 2.38. The monoisotopic (exact) mass is 281 g/mol. The lowest BCUT2D eigenvalue weighted by molar-refractivity contribution is 0.336. The molecule has 17 heavy (non-hydrogen) atoms. The van der Waals surface area contributed by atoms with Gasteiger partial charge in [0.15, 0.2) is 0 Å². The Hall–Kier alpha value is -0.0962. The van der Waals surface area contributed by atoms with E-state index in [9.17, 15) is 0 Å². The minimum atomic E-state index is -0.573. The van der Waals surface area contributed by atoms with Crippen molar-refractivity contribution < 1.29 is 4.43 Å². The summed E-state index contributed by atoms with van der Waals surface area (Å²) in [5.41, 5.74) is 5.43. The molecule has 0 aromatic heterocycles. The molecule has 0 bridgehead atoms. The SMILES string of the molecule is Cc1c(C)c(C)c([Si]2CCCO[Si]2)c(Cl)c1C. The number of benzene rings is 1. The van der Waals surface area contributed by atoms with Crippen LogP contribution in [0.25, 0.3) is 0 Å². The van der Waals surface area contributed by atoms with Crippen LogP contribution < -0.4 is 5.19 Å². The van der Waals surface area contributed by atoms with Gasteiger partial charge in [0.05, 0.1) is 0 Å². The van der Waals surface area contributed by atoms with Gasteiger partial charge in [0.2, 0.25) is 9.28 Å². The maximum atomic E-state index is 6.58. The summed E-state index contributed by atoms with van der Waals surface area (Å²) in [5.74, 6) is 0. The quantitative estimate of drug-likeness (QED) is 0.720. The first kappa shape index (κ1) is 13.3. The molecule has 3 radical (unpaired) electrons. The average Bonchev–Trinajstić information content (AvgIpc) is 2.36. The predicted molar refractivity (Wildman–Crippen MR) is 76.9 cm³/mol. The average molecular weight is 282 g/mol. The molecule has 1 aromatic carbocycles. The summed E-state index contributed by atoms with van der Waals surface area (Å²) in [5, 5.41) is 2.45. The predicted octanol–water partition coefficient (Wildman–Crippen LogP) is 2.81. The first-order chi connectivity index (χ1) is 8.04. The van der Waals surface area contributed by atoms with Crippen molar-refractivity contribution in [2.45, 2.75) is 40.2 Å². The van der Waals surface area contributed by atoms with E-state index in [-0.39, 0.29) is 0 Å². The Bertz CT molecular complexity index is 411. The lowest BCUT2D eigenvalue weighted by Gasteiger charge is -2.25. The first-order valence-electron chi connectivity index (χ1n) is 6.04. The second kappa shape index (κ2) is 5.26. The van der Waals surface area contributed by atoms with Gasteiger partial charge in [0.1, 0.15) is 8.31 Å². The molecule has 1 aliphatic heterocycles. The second-order valence-corrected chi connectivity index (χ2v) is 9.97. The van der Waals surface area contributed by atoms with Crippen LogP contribution in [0.1, 0.15) is 28.7 Å². The molecule has 1 saturated heterocycles. The molecular weight excluding hydrogens is 264 g/mol. The molecule has 4 heteroatoms. The van der Waals surface area contributed by atoms with E-state index in [4.69, 9.17) is 16.0 Å². The van der Waals surface area contributed by atoms with Crippen molar-refractivity contribution in [2.75, 3.05) is 6.61 Å². The summed E-state index contributed by atoms with van der Waals surface area (Å²) in [7, 11) is 0.0969. The van der Waals surface area contributed by atoms with Crippen molar-refractivity contribution in [3.63, 3.8) is 0 Å². The van der Waals surface area contributed by atoms with Crippen molar-refractivity contribution in [1.82, 2.24) is 0 Å². The smallest absolute Gasteiger partial charge is 0.215 e. The highest BCUT2D eigenvalue weighted by atomic mass is 35.5. The van der Waals surface area contributed by atoms with E-state index in [2.05, 4.69) is 27.7 Å². The summed E-state index contributed by atoms with van der Waals surface area (Å²) >= 11 is 6.58. The van der Waals surface area contributed by atoms with Gasteiger partial charge in [-0.2, -0.15) is 0 Å². The number of halogens is 1. The fourth-order valence-electron chi connectivity index (χ4n) is 2.31. The Morgan fingerprint density at radius 3 is 2.29 bits per heavy atom. The van der Waals surface area contributed by atoms with E-state index in [0.717, 1.165) is 11.6 Å². The second-order valence-electron chi connectivity index (χ2n) is 4.72. The van der Waals surface area contributed by atoms with Crippen molar-refractivity contribution in [3.05, 3.63) is 27.3 Å². The van der Waals surface area contributed by atoms with E-state index in [1.54, 1.807) is 0 Å². The van der Waals surface area contributed by atoms with E-state index in [0.29, 0.717) is 9.28 Å². The highest BCUT2D eigenvalue weighted by molar-refractivity contribution is 7.17. The summed E-state index contributed by atoms with van der Waals surface area (Å²) < 4.78 is 5.67. The molecule has 0 unspecified atom stereocenters. The molecular formula is C13H18ClOSi2.